The molecule has 6 aromatic rings. The number of anilines is 2. The topological polar surface area (TPSA) is 93.9 Å². The van der Waals surface area contributed by atoms with Crippen LogP contribution in [0.3, 0.4) is 0 Å². The third kappa shape index (κ3) is 6.89. The van der Waals surface area contributed by atoms with Crippen LogP contribution in [0.15, 0.2) is 103 Å². The number of aromatic nitrogens is 4. The van der Waals surface area contributed by atoms with Gasteiger partial charge in [-0.1, -0.05) is 72.8 Å². The zero-order chi connectivity index (χ0) is 32.8. The van der Waals surface area contributed by atoms with E-state index >= 15 is 0 Å². The molecule has 0 aliphatic carbocycles. The van der Waals surface area contributed by atoms with Gasteiger partial charge in [-0.2, -0.15) is 9.61 Å². The average molecular weight is 635 g/mol. The maximum Gasteiger partial charge on any atom is 0.343 e. The highest BCUT2D eigenvalue weighted by Gasteiger charge is 2.27. The molecular weight excluding hydrogens is 602 g/mol. The first-order chi connectivity index (χ1) is 22.9. The second-order valence-electron chi connectivity index (χ2n) is 10.7. The molecule has 0 saturated carbocycles. The molecule has 1 N–H and O–H groups in total. The second kappa shape index (κ2) is 14.1. The molecule has 3 aromatic heterocycles. The molecule has 6 rings (SSSR count). The molecule has 0 spiro atoms. The van der Waals surface area contributed by atoms with E-state index in [-0.39, 0.29) is 23.6 Å². The summed E-state index contributed by atoms with van der Waals surface area (Å²) in [4.78, 5) is 24.1. The number of fused-ring (bicyclic) bond motifs is 1. The maximum absolute atomic E-state index is 14.4. The molecule has 3 aromatic carbocycles. The van der Waals surface area contributed by atoms with E-state index < -0.39 is 17.6 Å². The van der Waals surface area contributed by atoms with Crippen LogP contribution in [0.25, 0.3) is 16.8 Å². The summed E-state index contributed by atoms with van der Waals surface area (Å²) in [6, 6.07) is 27.3. The summed E-state index contributed by atoms with van der Waals surface area (Å²) in [6.07, 6.45) is 2.52. The molecular formula is C36H32F2N6O3. The molecule has 0 atom stereocenters. The molecule has 0 amide bonds. The standard InChI is InChI=1S/C36H32F2N6O3/c1-3-47-34-27(18-29(38)20-40-34)19-39-32-31(26-14-16-28(37)17-15-26)35(44-33(42-32)30(21-41-44)36(45)46-2)43(22-24-10-6-4-7-11-24)23-25-12-8-5-9-13-25/h4-18,20-21H,3,19,22-23H2,1-2H3,(H,39,42). The fourth-order valence-corrected chi connectivity index (χ4v) is 5.39. The summed E-state index contributed by atoms with van der Waals surface area (Å²) in [5, 5.41) is 7.98. The molecule has 9 nitrogen and oxygen atoms in total. The largest absolute Gasteiger partial charge is 0.478 e. The Kier molecular flexibility index (Phi) is 9.33. The van der Waals surface area contributed by atoms with Crippen molar-refractivity contribution in [2.45, 2.75) is 26.6 Å². The molecule has 0 aliphatic rings. The van der Waals surface area contributed by atoms with Crippen LogP contribution in [0.2, 0.25) is 0 Å². The third-order valence-electron chi connectivity index (χ3n) is 7.51. The Labute approximate surface area is 270 Å². The van der Waals surface area contributed by atoms with Crippen LogP contribution >= 0.6 is 0 Å². The molecule has 0 radical (unpaired) electrons. The molecule has 47 heavy (non-hydrogen) atoms. The van der Waals surface area contributed by atoms with Gasteiger partial charge in [-0.05, 0) is 41.8 Å². The van der Waals surface area contributed by atoms with Gasteiger partial charge in [0.25, 0.3) is 0 Å². The number of ether oxygens (including phenoxy) is 2. The number of halogens is 2. The van der Waals surface area contributed by atoms with E-state index in [0.717, 1.165) is 17.3 Å². The summed E-state index contributed by atoms with van der Waals surface area (Å²) in [5.41, 5.74) is 4.15. The lowest BCUT2D eigenvalue weighted by atomic mass is 10.0. The number of carbonyl (C=O) groups excluding carboxylic acids is 1. The molecule has 0 aliphatic heterocycles. The number of rotatable bonds is 12. The van der Waals surface area contributed by atoms with Gasteiger partial charge in [-0.25, -0.2) is 23.5 Å². The Morgan fingerprint density at radius 2 is 1.55 bits per heavy atom. The molecule has 11 heteroatoms. The summed E-state index contributed by atoms with van der Waals surface area (Å²) >= 11 is 0. The maximum atomic E-state index is 14.4. The fourth-order valence-electron chi connectivity index (χ4n) is 5.39. The van der Waals surface area contributed by atoms with Gasteiger partial charge in [0.05, 0.1) is 31.7 Å². The van der Waals surface area contributed by atoms with Crippen molar-refractivity contribution in [3.05, 3.63) is 137 Å². The average Bonchev–Trinajstić information content (AvgIpc) is 3.52. The van der Waals surface area contributed by atoms with E-state index in [4.69, 9.17) is 14.5 Å². The third-order valence-corrected chi connectivity index (χ3v) is 7.51. The number of pyridine rings is 1. The number of nitrogens with one attached hydrogen (secondary N) is 1. The highest BCUT2D eigenvalue weighted by Crippen LogP contribution is 2.39. The fraction of sp³-hybridized carbons (Fsp3) is 0.167. The van der Waals surface area contributed by atoms with Gasteiger partial charge < -0.3 is 19.7 Å². The lowest BCUT2D eigenvalue weighted by Gasteiger charge is -2.29. The van der Waals surface area contributed by atoms with Gasteiger partial charge in [-0.3, -0.25) is 0 Å². The van der Waals surface area contributed by atoms with Gasteiger partial charge in [0.2, 0.25) is 5.88 Å². The summed E-state index contributed by atoms with van der Waals surface area (Å²) in [7, 11) is 1.29. The predicted octanol–water partition coefficient (Wildman–Crippen LogP) is 7.07. The minimum absolute atomic E-state index is 0.0793. The Morgan fingerprint density at radius 3 is 2.17 bits per heavy atom. The number of nitrogens with zero attached hydrogens (tertiary/aromatic N) is 5. The minimum Gasteiger partial charge on any atom is -0.478 e. The van der Waals surface area contributed by atoms with Crippen LogP contribution in [0.1, 0.15) is 34.0 Å². The Hall–Kier alpha value is -5.84. The van der Waals surface area contributed by atoms with Crippen molar-refractivity contribution in [1.82, 2.24) is 19.6 Å². The molecule has 238 valence electrons. The molecule has 0 unspecified atom stereocenters. The van der Waals surface area contributed by atoms with Crippen molar-refractivity contribution in [1.29, 1.82) is 0 Å². The Morgan fingerprint density at radius 1 is 0.894 bits per heavy atom. The van der Waals surface area contributed by atoms with Crippen LogP contribution in [0, 0.1) is 11.6 Å². The van der Waals surface area contributed by atoms with Crippen LogP contribution in [-0.4, -0.2) is 39.3 Å². The minimum atomic E-state index is -0.607. The van der Waals surface area contributed by atoms with E-state index in [9.17, 15) is 13.6 Å². The SMILES string of the molecule is CCOc1ncc(F)cc1CNc1nc2c(C(=O)OC)cnn2c(N(Cc2ccccc2)Cc2ccccc2)c1-c1ccc(F)cc1. The first-order valence-electron chi connectivity index (χ1n) is 15.0. The lowest BCUT2D eigenvalue weighted by Crippen LogP contribution is -2.26. The number of carbonyl (C=O) groups is 1. The number of hydrogen-bond donors (Lipinski definition) is 1. The first-order valence-corrected chi connectivity index (χ1v) is 15.0. The highest BCUT2D eigenvalue weighted by atomic mass is 19.1. The summed E-state index contributed by atoms with van der Waals surface area (Å²) in [5.74, 6) is -0.306. The summed E-state index contributed by atoms with van der Waals surface area (Å²) in [6.45, 7) is 3.15. The van der Waals surface area contributed by atoms with Crippen LogP contribution in [0.5, 0.6) is 5.88 Å². The number of hydrogen-bond acceptors (Lipinski definition) is 8. The lowest BCUT2D eigenvalue weighted by molar-refractivity contribution is 0.0602. The van der Waals surface area contributed by atoms with E-state index in [2.05, 4.69) is 20.3 Å². The second-order valence-corrected chi connectivity index (χ2v) is 10.7. The van der Waals surface area contributed by atoms with E-state index in [1.807, 2.05) is 67.6 Å². The summed E-state index contributed by atoms with van der Waals surface area (Å²) < 4.78 is 41.0. The monoisotopic (exact) mass is 634 g/mol. The Bertz CT molecular complexity index is 1940. The normalized spacial score (nSPS) is 11.0. The number of esters is 1. The van der Waals surface area contributed by atoms with Gasteiger partial charge >= 0.3 is 5.97 Å². The van der Waals surface area contributed by atoms with Crippen molar-refractivity contribution in [2.24, 2.45) is 0 Å². The van der Waals surface area contributed by atoms with Crippen molar-refractivity contribution in [3.63, 3.8) is 0 Å². The van der Waals surface area contributed by atoms with Crippen molar-refractivity contribution < 1.29 is 23.0 Å². The quantitative estimate of drug-likeness (QED) is 0.143. The molecule has 0 saturated heterocycles. The van der Waals surface area contributed by atoms with E-state index in [1.165, 1.54) is 31.5 Å². The van der Waals surface area contributed by atoms with Gasteiger partial charge in [-0.15, -0.1) is 0 Å². The van der Waals surface area contributed by atoms with E-state index in [0.29, 0.717) is 48.0 Å². The number of methoxy groups -OCH3 is 1. The zero-order valence-electron chi connectivity index (χ0n) is 25.9. The van der Waals surface area contributed by atoms with Gasteiger partial charge in [0.1, 0.15) is 28.8 Å². The van der Waals surface area contributed by atoms with Crippen molar-refractivity contribution >= 4 is 23.3 Å². The van der Waals surface area contributed by atoms with Crippen molar-refractivity contribution in [2.75, 3.05) is 23.9 Å². The first kappa shape index (κ1) is 31.2. The van der Waals surface area contributed by atoms with Crippen molar-refractivity contribution in [3.8, 4) is 17.0 Å². The Balaban J connectivity index is 1.61. The number of benzene rings is 3. The predicted molar refractivity (Wildman–Crippen MR) is 175 cm³/mol. The zero-order valence-corrected chi connectivity index (χ0v) is 25.9. The molecule has 3 heterocycles. The van der Waals surface area contributed by atoms with Crippen LogP contribution in [0.4, 0.5) is 20.4 Å². The smallest absolute Gasteiger partial charge is 0.343 e. The van der Waals surface area contributed by atoms with Crippen LogP contribution < -0.4 is 15.0 Å². The molecule has 0 bridgehead atoms. The van der Waals surface area contributed by atoms with Gasteiger partial charge in [0, 0.05) is 25.2 Å². The van der Waals surface area contributed by atoms with Crippen LogP contribution in [-0.2, 0) is 24.4 Å². The van der Waals surface area contributed by atoms with E-state index in [1.54, 1.807) is 16.6 Å². The highest BCUT2D eigenvalue weighted by molar-refractivity contribution is 5.98. The molecule has 0 fully saturated rings. The van der Waals surface area contributed by atoms with Gasteiger partial charge in [0.15, 0.2) is 5.65 Å².